The maximum atomic E-state index is 12.3. The number of benzene rings is 1. The van der Waals surface area contributed by atoms with Crippen LogP contribution in [0.3, 0.4) is 0 Å². The van der Waals surface area contributed by atoms with Gasteiger partial charge in [-0.05, 0) is 5.56 Å². The fourth-order valence-electron chi connectivity index (χ4n) is 2.09. The molecular weight excluding hydrogens is 260 g/mol. The van der Waals surface area contributed by atoms with Crippen molar-refractivity contribution in [3.63, 3.8) is 0 Å². The van der Waals surface area contributed by atoms with Crippen LogP contribution >= 0.6 is 0 Å². The third kappa shape index (κ3) is 1.85. The zero-order valence-corrected chi connectivity index (χ0v) is 10.2. The number of carbonyl (C=O) groups is 1. The van der Waals surface area contributed by atoms with Crippen LogP contribution in [0.4, 0.5) is 0 Å². The number of aromatic nitrogens is 4. The number of nitrogens with one attached hydrogen (secondary N) is 1. The monoisotopic (exact) mass is 270 g/mol. The van der Waals surface area contributed by atoms with Gasteiger partial charge in [0, 0.05) is 0 Å². The molecule has 0 unspecified atom stereocenters. The highest BCUT2D eigenvalue weighted by molar-refractivity contribution is 5.77. The summed E-state index contributed by atoms with van der Waals surface area (Å²) in [5.74, 6) is -1.12. The average molecular weight is 270 g/mol. The van der Waals surface area contributed by atoms with Crippen LogP contribution in [0.2, 0.25) is 0 Å². The normalized spacial score (nSPS) is 12.4. The zero-order chi connectivity index (χ0) is 14.1. The highest BCUT2D eigenvalue weighted by Gasteiger charge is 2.24. The molecule has 0 bridgehead atoms. The Bertz CT molecular complexity index is 822. The third-order valence-electron chi connectivity index (χ3n) is 3.02. The van der Waals surface area contributed by atoms with Gasteiger partial charge in [-0.2, -0.15) is 5.10 Å². The van der Waals surface area contributed by atoms with Crippen LogP contribution in [0.15, 0.2) is 47.7 Å². The first kappa shape index (κ1) is 12.1. The summed E-state index contributed by atoms with van der Waals surface area (Å²) in [7, 11) is 0. The number of aliphatic carboxylic acids is 1. The van der Waals surface area contributed by atoms with Gasteiger partial charge in [0.2, 0.25) is 0 Å². The van der Waals surface area contributed by atoms with E-state index < -0.39 is 17.6 Å². The molecule has 0 fully saturated rings. The Morgan fingerprint density at radius 3 is 2.75 bits per heavy atom. The molecule has 0 radical (unpaired) electrons. The molecule has 7 heteroatoms. The predicted octanol–water partition coefficient (Wildman–Crippen LogP) is 0.794. The topological polar surface area (TPSA) is 101 Å². The van der Waals surface area contributed by atoms with Crippen molar-refractivity contribution < 1.29 is 9.90 Å². The predicted molar refractivity (Wildman–Crippen MR) is 70.4 cm³/mol. The number of hydrogen-bond acceptors (Lipinski definition) is 4. The van der Waals surface area contributed by atoms with E-state index in [0.29, 0.717) is 11.2 Å². The molecule has 20 heavy (non-hydrogen) atoms. The number of carboxylic acid groups (broad SMARTS) is 1. The molecule has 0 aliphatic carbocycles. The number of rotatable bonds is 3. The van der Waals surface area contributed by atoms with E-state index in [1.165, 1.54) is 12.5 Å². The van der Waals surface area contributed by atoms with Crippen molar-refractivity contribution in [2.24, 2.45) is 0 Å². The van der Waals surface area contributed by atoms with Crippen molar-refractivity contribution in [1.82, 2.24) is 19.7 Å². The molecule has 1 aromatic carbocycles. The van der Waals surface area contributed by atoms with Gasteiger partial charge in [0.15, 0.2) is 11.7 Å². The van der Waals surface area contributed by atoms with Gasteiger partial charge < -0.3 is 5.11 Å². The molecular formula is C13H10N4O3. The second kappa shape index (κ2) is 4.61. The van der Waals surface area contributed by atoms with Crippen LogP contribution in [-0.2, 0) is 4.79 Å². The van der Waals surface area contributed by atoms with Crippen LogP contribution < -0.4 is 5.56 Å². The van der Waals surface area contributed by atoms with Crippen molar-refractivity contribution in [1.29, 1.82) is 0 Å². The van der Waals surface area contributed by atoms with Gasteiger partial charge in [0.1, 0.15) is 11.7 Å². The quantitative estimate of drug-likeness (QED) is 0.732. The summed E-state index contributed by atoms with van der Waals surface area (Å²) in [4.78, 5) is 27.8. The lowest BCUT2D eigenvalue weighted by molar-refractivity contribution is -0.139. The Labute approximate surface area is 112 Å². The molecule has 0 aliphatic heterocycles. The van der Waals surface area contributed by atoms with Crippen LogP contribution in [0, 0.1) is 0 Å². The summed E-state index contributed by atoms with van der Waals surface area (Å²) in [5, 5.41) is 16.0. The van der Waals surface area contributed by atoms with Crippen LogP contribution in [-0.4, -0.2) is 30.8 Å². The number of nitrogens with zero attached hydrogens (tertiary/aromatic N) is 3. The zero-order valence-electron chi connectivity index (χ0n) is 10.2. The highest BCUT2D eigenvalue weighted by Crippen LogP contribution is 2.17. The minimum absolute atomic E-state index is 0.259. The standard InChI is InChI=1S/C13H10N4O3/c18-12-9-6-15-16-11(9)14-7-17(12)10(13(19)20)8-4-2-1-3-5-8/h1-7,10H,(H,15,16)(H,19,20)/t10-/m0/s1. The molecule has 0 saturated heterocycles. The van der Waals surface area contributed by atoms with Gasteiger partial charge in [0.05, 0.1) is 6.20 Å². The van der Waals surface area contributed by atoms with Crippen molar-refractivity contribution in [3.05, 3.63) is 58.8 Å². The first-order chi connectivity index (χ1) is 9.68. The maximum absolute atomic E-state index is 12.3. The number of fused-ring (bicyclic) bond motifs is 1. The second-order valence-corrected chi connectivity index (χ2v) is 4.24. The number of H-pyrrole nitrogens is 1. The van der Waals surface area contributed by atoms with Crippen LogP contribution in [0.25, 0.3) is 11.0 Å². The second-order valence-electron chi connectivity index (χ2n) is 4.24. The molecule has 3 rings (SSSR count). The Balaban J connectivity index is 2.23. The fourth-order valence-corrected chi connectivity index (χ4v) is 2.09. The number of carboxylic acids is 1. The number of hydrogen-bond donors (Lipinski definition) is 2. The van der Waals surface area contributed by atoms with Gasteiger partial charge in [-0.15, -0.1) is 0 Å². The molecule has 7 nitrogen and oxygen atoms in total. The lowest BCUT2D eigenvalue weighted by Crippen LogP contribution is -2.30. The summed E-state index contributed by atoms with van der Waals surface area (Å²) >= 11 is 0. The Kier molecular flexibility index (Phi) is 2.79. The molecule has 2 heterocycles. The summed E-state index contributed by atoms with van der Waals surface area (Å²) in [5.41, 5.74) is 0.398. The largest absolute Gasteiger partial charge is 0.479 e. The molecule has 2 N–H and O–H groups in total. The summed E-state index contributed by atoms with van der Waals surface area (Å²) < 4.78 is 1.09. The van der Waals surface area contributed by atoms with Gasteiger partial charge in [-0.25, -0.2) is 9.78 Å². The van der Waals surface area contributed by atoms with E-state index in [0.717, 1.165) is 4.57 Å². The van der Waals surface area contributed by atoms with E-state index in [1.807, 2.05) is 0 Å². The molecule has 0 saturated carbocycles. The number of aromatic amines is 1. The minimum Gasteiger partial charge on any atom is -0.479 e. The van der Waals surface area contributed by atoms with Gasteiger partial charge >= 0.3 is 5.97 Å². The minimum atomic E-state index is -1.12. The van der Waals surface area contributed by atoms with Gasteiger partial charge in [0.25, 0.3) is 5.56 Å². The first-order valence-electron chi connectivity index (χ1n) is 5.86. The highest BCUT2D eigenvalue weighted by atomic mass is 16.4. The van der Waals surface area contributed by atoms with E-state index in [1.54, 1.807) is 30.3 Å². The fraction of sp³-hybridized carbons (Fsp3) is 0.0769. The van der Waals surface area contributed by atoms with Crippen molar-refractivity contribution >= 4 is 17.0 Å². The molecule has 0 spiro atoms. The smallest absolute Gasteiger partial charge is 0.331 e. The molecule has 2 aromatic heterocycles. The van der Waals surface area contributed by atoms with E-state index in [-0.39, 0.29) is 5.39 Å². The lowest BCUT2D eigenvalue weighted by atomic mass is 10.1. The molecule has 0 aliphatic rings. The van der Waals surface area contributed by atoms with E-state index in [9.17, 15) is 14.7 Å². The molecule has 100 valence electrons. The Morgan fingerprint density at radius 2 is 2.05 bits per heavy atom. The Hall–Kier alpha value is -2.96. The van der Waals surface area contributed by atoms with Crippen molar-refractivity contribution in [2.45, 2.75) is 6.04 Å². The summed E-state index contributed by atoms with van der Waals surface area (Å²) in [6.07, 6.45) is 2.56. The van der Waals surface area contributed by atoms with E-state index in [2.05, 4.69) is 15.2 Å². The molecule has 1 atom stereocenters. The van der Waals surface area contributed by atoms with E-state index in [4.69, 9.17) is 0 Å². The Morgan fingerprint density at radius 1 is 1.30 bits per heavy atom. The molecule has 0 amide bonds. The van der Waals surface area contributed by atoms with Gasteiger partial charge in [-0.1, -0.05) is 30.3 Å². The lowest BCUT2D eigenvalue weighted by Gasteiger charge is -2.15. The summed E-state index contributed by atoms with van der Waals surface area (Å²) in [6, 6.07) is 7.42. The molecule has 3 aromatic rings. The average Bonchev–Trinajstić information content (AvgIpc) is 2.92. The van der Waals surface area contributed by atoms with Gasteiger partial charge in [-0.3, -0.25) is 14.5 Å². The van der Waals surface area contributed by atoms with E-state index >= 15 is 0 Å². The summed E-state index contributed by atoms with van der Waals surface area (Å²) in [6.45, 7) is 0. The first-order valence-corrected chi connectivity index (χ1v) is 5.86. The third-order valence-corrected chi connectivity index (χ3v) is 3.02. The van der Waals surface area contributed by atoms with Crippen molar-refractivity contribution in [2.75, 3.05) is 0 Å². The maximum Gasteiger partial charge on any atom is 0.331 e. The van der Waals surface area contributed by atoms with Crippen LogP contribution in [0.5, 0.6) is 0 Å². The van der Waals surface area contributed by atoms with Crippen molar-refractivity contribution in [3.8, 4) is 0 Å². The SMILES string of the molecule is O=C(O)[C@H](c1ccccc1)n1cnc2[nH]ncc2c1=O. The van der Waals surface area contributed by atoms with Crippen LogP contribution in [0.1, 0.15) is 11.6 Å².